The number of hydrogen-bond donors (Lipinski definition) is 1. The quantitative estimate of drug-likeness (QED) is 0.764. The van der Waals surface area contributed by atoms with Gasteiger partial charge in [0.1, 0.15) is 6.10 Å². The molecule has 1 aliphatic carbocycles. The summed E-state index contributed by atoms with van der Waals surface area (Å²) in [6, 6.07) is 10.2. The maximum Gasteiger partial charge on any atom is 0.173 e. The van der Waals surface area contributed by atoms with Gasteiger partial charge in [-0.1, -0.05) is 36.8 Å². The van der Waals surface area contributed by atoms with Crippen molar-refractivity contribution in [2.45, 2.75) is 31.3 Å². The Morgan fingerprint density at radius 1 is 1.05 bits per heavy atom. The molecule has 110 valence electrons. The van der Waals surface area contributed by atoms with Crippen molar-refractivity contribution in [3.8, 4) is 0 Å². The molecule has 0 heterocycles. The molecular weight excluding hydrogens is 338 g/mol. The summed E-state index contributed by atoms with van der Waals surface area (Å²) in [6.07, 6.45) is 2.73. The van der Waals surface area contributed by atoms with E-state index in [-0.39, 0.29) is 4.47 Å². The van der Waals surface area contributed by atoms with Gasteiger partial charge < -0.3 is 5.11 Å². The maximum atomic E-state index is 13.6. The topological polar surface area (TPSA) is 20.2 Å². The Labute approximate surface area is 130 Å². The number of aliphatic hydroxyl groups is 1. The molecule has 21 heavy (non-hydrogen) atoms. The first kappa shape index (κ1) is 14.7. The Morgan fingerprint density at radius 3 is 2.29 bits per heavy atom. The van der Waals surface area contributed by atoms with Crippen molar-refractivity contribution in [1.82, 2.24) is 0 Å². The molecule has 1 saturated carbocycles. The van der Waals surface area contributed by atoms with Gasteiger partial charge in [-0.05, 0) is 51.9 Å². The van der Waals surface area contributed by atoms with E-state index in [1.807, 2.05) is 24.3 Å². The van der Waals surface area contributed by atoms with Crippen LogP contribution in [0.5, 0.6) is 0 Å². The maximum absolute atomic E-state index is 13.6. The van der Waals surface area contributed by atoms with Gasteiger partial charge in [0.25, 0.3) is 0 Å². The van der Waals surface area contributed by atoms with E-state index in [4.69, 9.17) is 0 Å². The fourth-order valence-electron chi connectivity index (χ4n) is 2.62. The van der Waals surface area contributed by atoms with E-state index in [9.17, 15) is 13.9 Å². The van der Waals surface area contributed by atoms with Gasteiger partial charge in [-0.25, -0.2) is 8.78 Å². The monoisotopic (exact) mass is 352 g/mol. The van der Waals surface area contributed by atoms with Gasteiger partial charge in [0.2, 0.25) is 0 Å². The van der Waals surface area contributed by atoms with E-state index < -0.39 is 17.7 Å². The van der Waals surface area contributed by atoms with Crippen LogP contribution in [-0.2, 0) is 0 Å². The predicted molar refractivity (Wildman–Crippen MR) is 81.2 cm³/mol. The van der Waals surface area contributed by atoms with Gasteiger partial charge in [-0.3, -0.25) is 0 Å². The molecule has 4 heteroatoms. The molecule has 2 aromatic rings. The summed E-state index contributed by atoms with van der Waals surface area (Å²) in [6.45, 7) is 0. The highest BCUT2D eigenvalue weighted by molar-refractivity contribution is 9.10. The molecule has 1 N–H and O–H groups in total. The fourth-order valence-corrected chi connectivity index (χ4v) is 3.16. The summed E-state index contributed by atoms with van der Waals surface area (Å²) in [5.41, 5.74) is 2.27. The summed E-state index contributed by atoms with van der Waals surface area (Å²) in [4.78, 5) is 0. The summed E-state index contributed by atoms with van der Waals surface area (Å²) < 4.78 is 26.7. The molecule has 0 spiro atoms. The van der Waals surface area contributed by atoms with Gasteiger partial charge in [0.05, 0.1) is 4.47 Å². The minimum Gasteiger partial charge on any atom is -0.384 e. The number of benzene rings is 2. The number of rotatable bonds is 3. The predicted octanol–water partition coefficient (Wildman–Crippen LogP) is 5.08. The van der Waals surface area contributed by atoms with Crippen LogP contribution in [0, 0.1) is 11.6 Å². The van der Waals surface area contributed by atoms with E-state index in [1.54, 1.807) is 0 Å². The van der Waals surface area contributed by atoms with Crippen LogP contribution >= 0.6 is 15.9 Å². The highest BCUT2D eigenvalue weighted by Gasteiger charge is 2.21. The second kappa shape index (κ2) is 5.85. The molecule has 1 atom stereocenters. The van der Waals surface area contributed by atoms with Crippen LogP contribution in [0.1, 0.15) is 48.0 Å². The van der Waals surface area contributed by atoms with Gasteiger partial charge in [-0.15, -0.1) is 0 Å². The molecule has 1 unspecified atom stereocenters. The van der Waals surface area contributed by atoms with E-state index in [0.29, 0.717) is 17.0 Å². The molecule has 0 aliphatic heterocycles. The Bertz CT molecular complexity index is 651. The molecular formula is C17H15BrF2O. The standard InChI is InChI=1S/C17H15BrF2O/c18-15-13(8-9-14(19)16(15)20)17(21)12-6-4-11(5-7-12)10-2-1-3-10/h4-10,17,21H,1-3H2. The van der Waals surface area contributed by atoms with Gasteiger partial charge in [0.15, 0.2) is 11.6 Å². The first-order chi connectivity index (χ1) is 10.1. The smallest absolute Gasteiger partial charge is 0.173 e. The Morgan fingerprint density at radius 2 is 1.71 bits per heavy atom. The minimum absolute atomic E-state index is 0.0296. The lowest BCUT2D eigenvalue weighted by molar-refractivity contribution is 0.218. The summed E-state index contributed by atoms with van der Waals surface area (Å²) in [5.74, 6) is -1.28. The van der Waals surface area contributed by atoms with Gasteiger partial charge in [-0.2, -0.15) is 0 Å². The van der Waals surface area contributed by atoms with Crippen LogP contribution in [0.3, 0.4) is 0 Å². The van der Waals surface area contributed by atoms with E-state index in [0.717, 1.165) is 6.07 Å². The van der Waals surface area contributed by atoms with Crippen LogP contribution in [-0.4, -0.2) is 5.11 Å². The van der Waals surface area contributed by atoms with Gasteiger partial charge in [0, 0.05) is 5.56 Å². The molecule has 0 aromatic heterocycles. The summed E-state index contributed by atoms with van der Waals surface area (Å²) in [7, 11) is 0. The average Bonchev–Trinajstić information content (AvgIpc) is 2.43. The zero-order valence-electron chi connectivity index (χ0n) is 11.3. The van der Waals surface area contributed by atoms with E-state index >= 15 is 0 Å². The van der Waals surface area contributed by atoms with Crippen molar-refractivity contribution in [2.24, 2.45) is 0 Å². The zero-order chi connectivity index (χ0) is 15.0. The van der Waals surface area contributed by atoms with Crippen LogP contribution in [0.4, 0.5) is 8.78 Å². The molecule has 0 bridgehead atoms. The third-order valence-electron chi connectivity index (χ3n) is 4.19. The normalized spacial score (nSPS) is 16.6. The summed E-state index contributed by atoms with van der Waals surface area (Å²) >= 11 is 3.01. The SMILES string of the molecule is OC(c1ccc(C2CCC2)cc1)c1ccc(F)c(F)c1Br. The molecule has 0 radical (unpaired) electrons. The molecule has 1 aliphatic rings. The molecule has 0 saturated heterocycles. The molecule has 1 nitrogen and oxygen atoms in total. The van der Waals surface area contributed by atoms with Crippen LogP contribution in [0.15, 0.2) is 40.9 Å². The first-order valence-corrected chi connectivity index (χ1v) is 7.78. The Hall–Kier alpha value is -1.26. The third kappa shape index (κ3) is 2.74. The lowest BCUT2D eigenvalue weighted by atomic mass is 9.80. The number of aliphatic hydroxyl groups excluding tert-OH is 1. The van der Waals surface area contributed by atoms with Crippen molar-refractivity contribution < 1.29 is 13.9 Å². The lowest BCUT2D eigenvalue weighted by Crippen LogP contribution is -2.09. The van der Waals surface area contributed by atoms with Crippen LogP contribution < -0.4 is 0 Å². The average molecular weight is 353 g/mol. The molecule has 1 fully saturated rings. The van der Waals surface area contributed by atoms with Crippen LogP contribution in [0.2, 0.25) is 0 Å². The van der Waals surface area contributed by atoms with Crippen molar-refractivity contribution in [3.05, 3.63) is 69.2 Å². The fraction of sp³-hybridized carbons (Fsp3) is 0.294. The zero-order valence-corrected chi connectivity index (χ0v) is 12.9. The van der Waals surface area contributed by atoms with Crippen molar-refractivity contribution in [3.63, 3.8) is 0 Å². The molecule has 0 amide bonds. The Balaban J connectivity index is 1.87. The second-order valence-corrected chi connectivity index (χ2v) is 6.25. The van der Waals surface area contributed by atoms with Crippen molar-refractivity contribution in [1.29, 1.82) is 0 Å². The van der Waals surface area contributed by atoms with Crippen molar-refractivity contribution in [2.75, 3.05) is 0 Å². The Kier molecular flexibility index (Phi) is 4.09. The first-order valence-electron chi connectivity index (χ1n) is 6.99. The number of hydrogen-bond acceptors (Lipinski definition) is 1. The summed E-state index contributed by atoms with van der Waals surface area (Å²) in [5, 5.41) is 10.4. The van der Waals surface area contributed by atoms with E-state index in [2.05, 4.69) is 15.9 Å². The van der Waals surface area contributed by atoms with E-state index in [1.165, 1.54) is 30.9 Å². The highest BCUT2D eigenvalue weighted by atomic mass is 79.9. The second-order valence-electron chi connectivity index (χ2n) is 5.46. The molecule has 2 aromatic carbocycles. The van der Waals surface area contributed by atoms with Crippen molar-refractivity contribution >= 4 is 15.9 Å². The number of halogens is 3. The van der Waals surface area contributed by atoms with Gasteiger partial charge >= 0.3 is 0 Å². The largest absolute Gasteiger partial charge is 0.384 e. The minimum atomic E-state index is -0.982. The third-order valence-corrected chi connectivity index (χ3v) is 4.99. The highest BCUT2D eigenvalue weighted by Crippen LogP contribution is 2.37. The molecule has 3 rings (SSSR count). The van der Waals surface area contributed by atoms with Crippen LogP contribution in [0.25, 0.3) is 0 Å². The lowest BCUT2D eigenvalue weighted by Gasteiger charge is -2.26.